The van der Waals surface area contributed by atoms with Gasteiger partial charge in [-0.2, -0.15) is 0 Å². The number of hydrogen-bond acceptors (Lipinski definition) is 5. The topological polar surface area (TPSA) is 122 Å². The maximum absolute atomic E-state index is 12.2. The molecule has 10 heteroatoms. The Bertz CT molecular complexity index is 580. The number of aliphatic carboxylic acids is 1. The molecule has 0 saturated heterocycles. The van der Waals surface area contributed by atoms with Gasteiger partial charge in [0.25, 0.3) is 5.69 Å². The van der Waals surface area contributed by atoms with Crippen LogP contribution in [0.25, 0.3) is 0 Å². The van der Waals surface area contributed by atoms with Gasteiger partial charge in [-0.05, 0) is 18.6 Å². The minimum absolute atomic E-state index is 0.0347. The van der Waals surface area contributed by atoms with Crippen molar-refractivity contribution in [1.82, 2.24) is 5.32 Å². The van der Waals surface area contributed by atoms with Crippen LogP contribution in [0.4, 0.5) is 20.2 Å². The largest absolute Gasteiger partial charge is 0.480 e. The summed E-state index contributed by atoms with van der Waals surface area (Å²) in [7, 11) is 0. The number of hydrogen-bond donors (Lipinski definition) is 3. The first kappa shape index (κ1) is 19.3. The summed E-state index contributed by atoms with van der Waals surface area (Å²) in [6, 6.07) is 4.08. The van der Waals surface area contributed by atoms with Crippen LogP contribution in [-0.4, -0.2) is 40.9 Å². The summed E-state index contributed by atoms with van der Waals surface area (Å²) in [5.41, 5.74) is 0.584. The van der Waals surface area contributed by atoms with Crippen molar-refractivity contribution in [3.63, 3.8) is 0 Å². The maximum Gasteiger partial charge on any atom is 0.326 e. The Morgan fingerprint density at radius 1 is 1.25 bits per heavy atom. The van der Waals surface area contributed by atoms with Crippen molar-refractivity contribution < 1.29 is 28.4 Å². The van der Waals surface area contributed by atoms with Gasteiger partial charge >= 0.3 is 5.97 Å². The Morgan fingerprint density at radius 3 is 2.38 bits per heavy atom. The number of non-ortho nitro benzene ring substituents is 1. The van der Waals surface area contributed by atoms with Gasteiger partial charge in [-0.15, -0.1) is 0 Å². The number of amides is 1. The number of rotatable bonds is 10. The van der Waals surface area contributed by atoms with Gasteiger partial charge in [0, 0.05) is 37.2 Å². The predicted molar refractivity (Wildman–Crippen MR) is 81.0 cm³/mol. The average molecular weight is 345 g/mol. The van der Waals surface area contributed by atoms with Crippen LogP contribution < -0.4 is 10.6 Å². The van der Waals surface area contributed by atoms with E-state index in [1.54, 1.807) is 0 Å². The van der Waals surface area contributed by atoms with Gasteiger partial charge in [-0.25, -0.2) is 13.6 Å². The van der Waals surface area contributed by atoms with E-state index in [0.717, 1.165) is 0 Å². The number of nitrogens with one attached hydrogen (secondary N) is 2. The summed E-state index contributed by atoms with van der Waals surface area (Å²) in [6.45, 7) is 0.359. The molecule has 0 aliphatic rings. The molecule has 24 heavy (non-hydrogen) atoms. The number of nitro groups is 1. The van der Waals surface area contributed by atoms with Gasteiger partial charge in [0.2, 0.25) is 12.3 Å². The molecule has 0 heterocycles. The molecule has 1 unspecified atom stereocenters. The van der Waals surface area contributed by atoms with Crippen LogP contribution in [0.5, 0.6) is 0 Å². The third kappa shape index (κ3) is 6.99. The van der Waals surface area contributed by atoms with E-state index in [1.807, 2.05) is 5.32 Å². The molecule has 132 valence electrons. The molecule has 1 amide bonds. The van der Waals surface area contributed by atoms with E-state index >= 15 is 0 Å². The Morgan fingerprint density at radius 2 is 1.88 bits per heavy atom. The molecule has 0 aliphatic heterocycles. The monoisotopic (exact) mass is 345 g/mol. The lowest BCUT2D eigenvalue weighted by atomic mass is 10.2. The van der Waals surface area contributed by atoms with Crippen LogP contribution >= 0.6 is 0 Å². The molecule has 1 aromatic rings. The Hall–Kier alpha value is -2.78. The van der Waals surface area contributed by atoms with E-state index in [0.29, 0.717) is 18.7 Å². The molecule has 1 rings (SSSR count). The fourth-order valence-corrected chi connectivity index (χ4v) is 1.85. The Labute approximate surface area is 136 Å². The first-order valence-electron chi connectivity index (χ1n) is 7.08. The normalized spacial score (nSPS) is 11.8. The van der Waals surface area contributed by atoms with Gasteiger partial charge in [0.1, 0.15) is 6.04 Å². The van der Waals surface area contributed by atoms with Crippen molar-refractivity contribution in [2.75, 3.05) is 11.9 Å². The Kier molecular flexibility index (Phi) is 7.53. The number of nitro benzene ring substituents is 1. The number of nitrogens with zero attached hydrogens (tertiary/aromatic N) is 1. The smallest absolute Gasteiger partial charge is 0.326 e. The molecule has 8 nitrogen and oxygen atoms in total. The Balaban J connectivity index is 2.32. The number of benzene rings is 1. The van der Waals surface area contributed by atoms with E-state index in [4.69, 9.17) is 5.11 Å². The SMILES string of the molecule is O=C(CCCNc1ccc([N+](=O)[O-])cc1)NC(CC(F)F)C(=O)O. The van der Waals surface area contributed by atoms with Crippen molar-refractivity contribution in [2.45, 2.75) is 31.7 Å². The molecular weight excluding hydrogens is 328 g/mol. The fourth-order valence-electron chi connectivity index (χ4n) is 1.85. The number of carboxylic acid groups (broad SMARTS) is 1. The summed E-state index contributed by atoms with van der Waals surface area (Å²) in [5, 5.41) is 24.2. The van der Waals surface area contributed by atoms with E-state index in [2.05, 4.69) is 5.32 Å². The van der Waals surface area contributed by atoms with E-state index in [9.17, 15) is 28.5 Å². The standard InChI is InChI=1S/C14H17F2N3O5/c15-12(16)8-11(14(21)22)18-13(20)2-1-7-17-9-3-5-10(6-4-9)19(23)24/h3-6,11-12,17H,1-2,7-8H2,(H,18,20)(H,21,22). The minimum atomic E-state index is -2.82. The summed E-state index contributed by atoms with van der Waals surface area (Å²) >= 11 is 0. The van der Waals surface area contributed by atoms with Crippen LogP contribution in [0.2, 0.25) is 0 Å². The van der Waals surface area contributed by atoms with Crippen LogP contribution in [0, 0.1) is 10.1 Å². The number of anilines is 1. The number of halogens is 2. The second-order valence-corrected chi connectivity index (χ2v) is 4.92. The van der Waals surface area contributed by atoms with Gasteiger partial charge in [0.05, 0.1) is 4.92 Å². The first-order valence-corrected chi connectivity index (χ1v) is 7.08. The van der Waals surface area contributed by atoms with E-state index in [-0.39, 0.29) is 12.1 Å². The molecular formula is C14H17F2N3O5. The van der Waals surface area contributed by atoms with E-state index in [1.165, 1.54) is 24.3 Å². The van der Waals surface area contributed by atoms with Crippen molar-refractivity contribution in [2.24, 2.45) is 0 Å². The lowest BCUT2D eigenvalue weighted by Crippen LogP contribution is -2.42. The highest BCUT2D eigenvalue weighted by atomic mass is 19.3. The van der Waals surface area contributed by atoms with Crippen LogP contribution in [0.1, 0.15) is 19.3 Å². The van der Waals surface area contributed by atoms with Crippen LogP contribution in [-0.2, 0) is 9.59 Å². The molecule has 1 aromatic carbocycles. The van der Waals surface area contributed by atoms with Crippen molar-refractivity contribution in [3.8, 4) is 0 Å². The van der Waals surface area contributed by atoms with Gasteiger partial charge in [-0.1, -0.05) is 0 Å². The first-order chi connectivity index (χ1) is 11.3. The zero-order valence-corrected chi connectivity index (χ0v) is 12.6. The zero-order chi connectivity index (χ0) is 18.1. The molecule has 3 N–H and O–H groups in total. The molecule has 0 radical (unpaired) electrons. The third-order valence-electron chi connectivity index (χ3n) is 3.04. The second-order valence-electron chi connectivity index (χ2n) is 4.92. The molecule has 0 fully saturated rings. The van der Waals surface area contributed by atoms with Crippen molar-refractivity contribution in [1.29, 1.82) is 0 Å². The van der Waals surface area contributed by atoms with Gasteiger partial charge in [-0.3, -0.25) is 14.9 Å². The maximum atomic E-state index is 12.2. The minimum Gasteiger partial charge on any atom is -0.480 e. The van der Waals surface area contributed by atoms with Crippen molar-refractivity contribution >= 4 is 23.3 Å². The molecule has 0 aliphatic carbocycles. The highest BCUT2D eigenvalue weighted by Crippen LogP contribution is 2.15. The number of alkyl halides is 2. The molecule has 0 spiro atoms. The number of carboxylic acids is 1. The lowest BCUT2D eigenvalue weighted by Gasteiger charge is -2.14. The molecule has 1 atom stereocenters. The highest BCUT2D eigenvalue weighted by Gasteiger charge is 2.23. The van der Waals surface area contributed by atoms with Crippen LogP contribution in [0.3, 0.4) is 0 Å². The zero-order valence-electron chi connectivity index (χ0n) is 12.6. The van der Waals surface area contributed by atoms with Crippen LogP contribution in [0.15, 0.2) is 24.3 Å². The predicted octanol–water partition coefficient (Wildman–Crippen LogP) is 2.01. The van der Waals surface area contributed by atoms with Gasteiger partial charge < -0.3 is 15.7 Å². The molecule has 0 bridgehead atoms. The second kappa shape index (κ2) is 9.38. The van der Waals surface area contributed by atoms with E-state index < -0.39 is 35.7 Å². The summed E-state index contributed by atoms with van der Waals surface area (Å²) < 4.78 is 24.4. The highest BCUT2D eigenvalue weighted by molar-refractivity contribution is 5.83. The number of carbonyl (C=O) groups is 2. The van der Waals surface area contributed by atoms with Crippen molar-refractivity contribution in [3.05, 3.63) is 34.4 Å². The lowest BCUT2D eigenvalue weighted by molar-refractivity contribution is -0.384. The third-order valence-corrected chi connectivity index (χ3v) is 3.04. The number of carbonyl (C=O) groups excluding carboxylic acids is 1. The average Bonchev–Trinajstić information content (AvgIpc) is 2.50. The fraction of sp³-hybridized carbons (Fsp3) is 0.429. The quantitative estimate of drug-likeness (QED) is 0.339. The van der Waals surface area contributed by atoms with Gasteiger partial charge in [0.15, 0.2) is 0 Å². The summed E-state index contributed by atoms with van der Waals surface area (Å²) in [6.07, 6.45) is -3.46. The molecule has 0 saturated carbocycles. The summed E-state index contributed by atoms with van der Waals surface area (Å²) in [5.74, 6) is -2.14. The molecule has 0 aromatic heterocycles. The summed E-state index contributed by atoms with van der Waals surface area (Å²) in [4.78, 5) is 32.3.